The van der Waals surface area contributed by atoms with E-state index in [1.807, 2.05) is 0 Å². The number of terminal acetylenes is 1. The molecule has 1 aliphatic carbocycles. The second-order valence-corrected chi connectivity index (χ2v) is 5.72. The zero-order valence-electron chi connectivity index (χ0n) is 11.3. The van der Waals surface area contributed by atoms with Crippen molar-refractivity contribution in [2.45, 2.75) is 58.1 Å². The number of carbonyl (C=O) groups is 2. The largest absolute Gasteiger partial charge is 0.444 e. The van der Waals surface area contributed by atoms with Gasteiger partial charge in [0, 0.05) is 12.8 Å². The van der Waals surface area contributed by atoms with E-state index in [4.69, 9.17) is 11.2 Å². The third kappa shape index (κ3) is 5.72. The molecule has 4 nitrogen and oxygen atoms in total. The second kappa shape index (κ2) is 5.90. The third-order valence-electron chi connectivity index (χ3n) is 2.59. The Hall–Kier alpha value is -1.50. The topological polar surface area (TPSA) is 55.4 Å². The van der Waals surface area contributed by atoms with Crippen molar-refractivity contribution in [2.75, 3.05) is 0 Å². The van der Waals surface area contributed by atoms with Crippen molar-refractivity contribution >= 4 is 11.9 Å². The first kappa shape index (κ1) is 14.6. The predicted octanol–water partition coefficient (Wildman–Crippen LogP) is 2.27. The van der Waals surface area contributed by atoms with E-state index in [9.17, 15) is 9.59 Å². The maximum Gasteiger partial charge on any atom is 0.408 e. The summed E-state index contributed by atoms with van der Waals surface area (Å²) in [5.41, 5.74) is -0.579. The van der Waals surface area contributed by atoms with Gasteiger partial charge in [0.1, 0.15) is 11.6 Å². The summed E-state index contributed by atoms with van der Waals surface area (Å²) in [5, 5.41) is 2.55. The third-order valence-corrected chi connectivity index (χ3v) is 2.59. The fraction of sp³-hybridized carbons (Fsp3) is 0.714. The maximum atomic E-state index is 11.9. The maximum absolute atomic E-state index is 11.9. The quantitative estimate of drug-likeness (QED) is 0.763. The minimum Gasteiger partial charge on any atom is -0.444 e. The Bertz CT molecular complexity index is 358. The van der Waals surface area contributed by atoms with Gasteiger partial charge in [-0.15, -0.1) is 12.3 Å². The van der Waals surface area contributed by atoms with E-state index in [0.29, 0.717) is 12.3 Å². The SMILES string of the molecule is C#CCC(NC(=O)OC(C)(C)C)C(=O)CC1CC1. The Morgan fingerprint density at radius 2 is 2.06 bits per heavy atom. The number of amides is 1. The summed E-state index contributed by atoms with van der Waals surface area (Å²) >= 11 is 0. The van der Waals surface area contributed by atoms with Crippen LogP contribution in [0.2, 0.25) is 0 Å². The summed E-state index contributed by atoms with van der Waals surface area (Å²) in [7, 11) is 0. The second-order valence-electron chi connectivity index (χ2n) is 5.72. The molecule has 0 aromatic rings. The summed E-state index contributed by atoms with van der Waals surface area (Å²) < 4.78 is 5.11. The van der Waals surface area contributed by atoms with E-state index in [-0.39, 0.29) is 12.2 Å². The van der Waals surface area contributed by atoms with Gasteiger partial charge in [0.2, 0.25) is 0 Å². The zero-order chi connectivity index (χ0) is 13.8. The Labute approximate surface area is 108 Å². The van der Waals surface area contributed by atoms with Gasteiger partial charge < -0.3 is 10.1 Å². The molecule has 1 unspecified atom stereocenters. The molecular formula is C14H21NO3. The molecule has 1 atom stereocenters. The van der Waals surface area contributed by atoms with Gasteiger partial charge in [0.15, 0.2) is 5.78 Å². The van der Waals surface area contributed by atoms with Crippen molar-refractivity contribution in [1.29, 1.82) is 0 Å². The number of hydrogen-bond acceptors (Lipinski definition) is 3. The molecule has 1 N–H and O–H groups in total. The van der Waals surface area contributed by atoms with Crippen LogP contribution in [0.1, 0.15) is 46.5 Å². The van der Waals surface area contributed by atoms with Gasteiger partial charge >= 0.3 is 6.09 Å². The van der Waals surface area contributed by atoms with E-state index in [1.165, 1.54) is 0 Å². The zero-order valence-corrected chi connectivity index (χ0v) is 11.3. The Morgan fingerprint density at radius 3 is 2.50 bits per heavy atom. The lowest BCUT2D eigenvalue weighted by molar-refractivity contribution is -0.121. The minimum absolute atomic E-state index is 0.00121. The van der Waals surface area contributed by atoms with Crippen molar-refractivity contribution in [3.05, 3.63) is 0 Å². The van der Waals surface area contributed by atoms with Crippen LogP contribution in [0, 0.1) is 18.3 Å². The molecule has 0 bridgehead atoms. The highest BCUT2D eigenvalue weighted by Crippen LogP contribution is 2.33. The molecule has 0 aromatic heterocycles. The van der Waals surface area contributed by atoms with E-state index in [0.717, 1.165) is 12.8 Å². The van der Waals surface area contributed by atoms with Gasteiger partial charge in [-0.1, -0.05) is 0 Å². The average molecular weight is 251 g/mol. The molecule has 1 rings (SSSR count). The van der Waals surface area contributed by atoms with E-state index >= 15 is 0 Å². The standard InChI is InChI=1S/C14H21NO3/c1-5-6-11(12(16)9-10-7-8-10)15-13(17)18-14(2,3)4/h1,10-11H,6-9H2,2-4H3,(H,15,17). The first-order valence-corrected chi connectivity index (χ1v) is 6.27. The van der Waals surface area contributed by atoms with Crippen LogP contribution in [0.3, 0.4) is 0 Å². The molecule has 18 heavy (non-hydrogen) atoms. The highest BCUT2D eigenvalue weighted by atomic mass is 16.6. The van der Waals surface area contributed by atoms with E-state index in [1.54, 1.807) is 20.8 Å². The van der Waals surface area contributed by atoms with E-state index < -0.39 is 17.7 Å². The van der Waals surface area contributed by atoms with Gasteiger partial charge in [-0.3, -0.25) is 4.79 Å². The molecule has 1 aliphatic rings. The number of alkyl carbamates (subject to hydrolysis) is 1. The smallest absolute Gasteiger partial charge is 0.408 e. The van der Waals surface area contributed by atoms with E-state index in [2.05, 4.69) is 11.2 Å². The predicted molar refractivity (Wildman–Crippen MR) is 69.0 cm³/mol. The molecule has 0 heterocycles. The van der Waals surface area contributed by atoms with Crippen molar-refractivity contribution in [2.24, 2.45) is 5.92 Å². The van der Waals surface area contributed by atoms with Crippen LogP contribution in [0.5, 0.6) is 0 Å². The summed E-state index contributed by atoms with van der Waals surface area (Å²) in [4.78, 5) is 23.5. The van der Waals surface area contributed by atoms with Gasteiger partial charge in [-0.05, 0) is 39.5 Å². The first-order valence-electron chi connectivity index (χ1n) is 6.27. The summed E-state index contributed by atoms with van der Waals surface area (Å²) in [6.45, 7) is 5.32. The van der Waals surface area contributed by atoms with Crippen LogP contribution >= 0.6 is 0 Å². The number of carbonyl (C=O) groups excluding carboxylic acids is 2. The molecule has 1 amide bonds. The minimum atomic E-state index is -0.620. The Kier molecular flexibility index (Phi) is 4.77. The fourth-order valence-electron chi connectivity index (χ4n) is 1.56. The lowest BCUT2D eigenvalue weighted by atomic mass is 10.0. The molecule has 0 aromatic carbocycles. The Morgan fingerprint density at radius 1 is 1.44 bits per heavy atom. The monoisotopic (exact) mass is 251 g/mol. The van der Waals surface area contributed by atoms with Crippen LogP contribution in [0.25, 0.3) is 0 Å². The number of Topliss-reactive ketones (excluding diaryl/α,β-unsaturated/α-hetero) is 1. The van der Waals surface area contributed by atoms with Gasteiger partial charge in [-0.2, -0.15) is 0 Å². The Balaban J connectivity index is 2.48. The lowest BCUT2D eigenvalue weighted by Crippen LogP contribution is -2.43. The van der Waals surface area contributed by atoms with Gasteiger partial charge in [0.05, 0.1) is 0 Å². The number of ketones is 1. The van der Waals surface area contributed by atoms with Crippen molar-refractivity contribution in [3.8, 4) is 12.3 Å². The summed E-state index contributed by atoms with van der Waals surface area (Å²) in [5.74, 6) is 2.91. The van der Waals surface area contributed by atoms with Crippen LogP contribution in [0.15, 0.2) is 0 Å². The fourth-order valence-corrected chi connectivity index (χ4v) is 1.56. The highest BCUT2D eigenvalue weighted by Gasteiger charge is 2.29. The van der Waals surface area contributed by atoms with Crippen LogP contribution in [0.4, 0.5) is 4.79 Å². The van der Waals surface area contributed by atoms with Crippen LogP contribution < -0.4 is 5.32 Å². The molecule has 0 spiro atoms. The lowest BCUT2D eigenvalue weighted by Gasteiger charge is -2.22. The van der Waals surface area contributed by atoms with Crippen molar-refractivity contribution in [3.63, 3.8) is 0 Å². The van der Waals surface area contributed by atoms with Crippen LogP contribution in [-0.4, -0.2) is 23.5 Å². The normalized spacial score (nSPS) is 16.6. The average Bonchev–Trinajstić information content (AvgIpc) is 2.98. The van der Waals surface area contributed by atoms with Crippen LogP contribution in [-0.2, 0) is 9.53 Å². The number of hydrogen-bond donors (Lipinski definition) is 1. The summed E-state index contributed by atoms with van der Waals surface area (Å²) in [6.07, 6.45) is 7.54. The van der Waals surface area contributed by atoms with Gasteiger partial charge in [-0.25, -0.2) is 4.79 Å². The molecule has 0 saturated heterocycles. The molecule has 1 fully saturated rings. The van der Waals surface area contributed by atoms with Gasteiger partial charge in [0.25, 0.3) is 0 Å². The number of rotatable bonds is 5. The molecule has 100 valence electrons. The molecule has 1 saturated carbocycles. The molecule has 4 heteroatoms. The highest BCUT2D eigenvalue weighted by molar-refractivity contribution is 5.88. The van der Waals surface area contributed by atoms with Crippen molar-refractivity contribution < 1.29 is 14.3 Å². The first-order chi connectivity index (χ1) is 8.31. The molecule has 0 radical (unpaired) electrons. The number of ether oxygens (including phenoxy) is 1. The molecule has 0 aliphatic heterocycles. The molecular weight excluding hydrogens is 230 g/mol. The summed E-state index contributed by atoms with van der Waals surface area (Å²) in [6, 6.07) is -0.620. The van der Waals surface area contributed by atoms with Crippen molar-refractivity contribution in [1.82, 2.24) is 5.32 Å². The number of nitrogens with one attached hydrogen (secondary N) is 1.